The first-order chi connectivity index (χ1) is 18.9. The van der Waals surface area contributed by atoms with Crippen LogP contribution in [-0.4, -0.2) is 73.3 Å². The molecule has 1 aliphatic carbocycles. The van der Waals surface area contributed by atoms with Gasteiger partial charge in [0.1, 0.15) is 11.6 Å². The van der Waals surface area contributed by atoms with E-state index in [0.29, 0.717) is 18.5 Å². The Morgan fingerprint density at radius 2 is 2.03 bits per heavy atom. The van der Waals surface area contributed by atoms with E-state index in [-0.39, 0.29) is 11.7 Å². The maximum atomic E-state index is 14.3. The first-order valence-electron chi connectivity index (χ1n) is 14.9. The van der Waals surface area contributed by atoms with Gasteiger partial charge in [0.25, 0.3) is 0 Å². The quantitative estimate of drug-likeness (QED) is 0.433. The van der Waals surface area contributed by atoms with Crippen molar-refractivity contribution in [3.05, 3.63) is 40.8 Å². The van der Waals surface area contributed by atoms with Crippen LogP contribution in [-0.2, 0) is 19.3 Å². The zero-order valence-corrected chi connectivity index (χ0v) is 24.2. The Bertz CT molecular complexity index is 1190. The Kier molecular flexibility index (Phi) is 8.56. The van der Waals surface area contributed by atoms with Crippen molar-refractivity contribution in [3.8, 4) is 6.07 Å². The van der Waals surface area contributed by atoms with Gasteiger partial charge in [-0.1, -0.05) is 26.8 Å². The van der Waals surface area contributed by atoms with Crippen molar-refractivity contribution >= 4 is 17.5 Å². The maximum Gasteiger partial charge on any atom is 0.227 e. The molecular weight excluding hydrogens is 489 g/mol. The molecule has 0 saturated carbocycles. The molecule has 3 aliphatic rings. The van der Waals surface area contributed by atoms with Gasteiger partial charge in [0.2, 0.25) is 5.95 Å². The zero-order chi connectivity index (χ0) is 27.5. The Hall–Kier alpha value is -2.92. The molecule has 2 aromatic rings. The number of aromatic nitrogens is 2. The summed E-state index contributed by atoms with van der Waals surface area (Å²) in [6.07, 6.45) is 6.48. The molecule has 0 unspecified atom stereocenters. The largest absolute Gasteiger partial charge is 0.368 e. The number of aryl methyl sites for hydroxylation is 1. The molecule has 2 aliphatic heterocycles. The lowest BCUT2D eigenvalue weighted by Gasteiger charge is -2.45. The second kappa shape index (κ2) is 12.1. The summed E-state index contributed by atoms with van der Waals surface area (Å²) in [6, 6.07) is 8.47. The molecule has 0 N–H and O–H groups in total. The number of fused-ring (bicyclic) bond motifs is 2. The van der Waals surface area contributed by atoms with Gasteiger partial charge in [0, 0.05) is 68.9 Å². The third kappa shape index (κ3) is 5.84. The van der Waals surface area contributed by atoms with Crippen molar-refractivity contribution in [2.75, 3.05) is 61.0 Å². The van der Waals surface area contributed by atoms with Gasteiger partial charge in [-0.25, -0.2) is 9.37 Å². The van der Waals surface area contributed by atoms with Gasteiger partial charge in [-0.3, -0.25) is 0 Å². The summed E-state index contributed by atoms with van der Waals surface area (Å²) in [6.45, 7) is 12.2. The lowest BCUT2D eigenvalue weighted by Crippen LogP contribution is -2.59. The molecule has 1 aromatic heterocycles. The van der Waals surface area contributed by atoms with Crippen molar-refractivity contribution in [2.24, 2.45) is 5.92 Å². The highest BCUT2D eigenvalue weighted by Crippen LogP contribution is 2.37. The summed E-state index contributed by atoms with van der Waals surface area (Å²) in [4.78, 5) is 20.0. The Morgan fingerprint density at radius 1 is 1.21 bits per heavy atom. The number of hydrogen-bond donors (Lipinski definition) is 0. The van der Waals surface area contributed by atoms with E-state index in [4.69, 9.17) is 9.97 Å². The van der Waals surface area contributed by atoms with Crippen molar-refractivity contribution < 1.29 is 4.39 Å². The van der Waals surface area contributed by atoms with E-state index < -0.39 is 0 Å². The highest BCUT2D eigenvalue weighted by atomic mass is 19.1. The molecule has 5 rings (SSSR count). The topological polar surface area (TPSA) is 62.5 Å². The van der Waals surface area contributed by atoms with Crippen LogP contribution in [0.4, 0.5) is 21.8 Å². The predicted octanol–water partition coefficient (Wildman–Crippen LogP) is 4.83. The van der Waals surface area contributed by atoms with Crippen LogP contribution in [0.3, 0.4) is 0 Å². The monoisotopic (exact) mass is 533 g/mol. The number of hydrogen-bond acceptors (Lipinski definition) is 7. The fraction of sp³-hybridized carbons (Fsp3) is 0.645. The van der Waals surface area contributed by atoms with Crippen molar-refractivity contribution in [2.45, 2.75) is 77.8 Å². The highest BCUT2D eigenvalue weighted by Gasteiger charge is 2.35. The van der Waals surface area contributed by atoms with Gasteiger partial charge in [0.05, 0.1) is 11.8 Å². The van der Waals surface area contributed by atoms with Gasteiger partial charge >= 0.3 is 0 Å². The van der Waals surface area contributed by atoms with Gasteiger partial charge < -0.3 is 19.6 Å². The van der Waals surface area contributed by atoms with Crippen LogP contribution < -0.4 is 14.7 Å². The maximum absolute atomic E-state index is 14.3. The minimum atomic E-state index is -0.158. The highest BCUT2D eigenvalue weighted by molar-refractivity contribution is 5.59. The summed E-state index contributed by atoms with van der Waals surface area (Å²) in [5.74, 6) is 2.02. The van der Waals surface area contributed by atoms with Crippen molar-refractivity contribution in [1.82, 2.24) is 14.9 Å². The minimum absolute atomic E-state index is 0.158. The molecule has 0 amide bonds. The fourth-order valence-electron chi connectivity index (χ4n) is 6.50. The van der Waals surface area contributed by atoms with Gasteiger partial charge in [-0.15, -0.1) is 0 Å². The number of nitriles is 1. The summed E-state index contributed by atoms with van der Waals surface area (Å²) in [5, 5.41) is 9.30. The van der Waals surface area contributed by atoms with E-state index in [1.807, 2.05) is 6.07 Å². The molecule has 1 aromatic carbocycles. The average molecular weight is 534 g/mol. The number of halogens is 1. The summed E-state index contributed by atoms with van der Waals surface area (Å²) in [7, 11) is 2.19. The molecule has 39 heavy (non-hydrogen) atoms. The number of nitrogens with zero attached hydrogens (tertiary/aromatic N) is 7. The molecule has 0 radical (unpaired) electrons. The summed E-state index contributed by atoms with van der Waals surface area (Å²) < 4.78 is 14.3. The first-order valence-corrected chi connectivity index (χ1v) is 14.9. The van der Waals surface area contributed by atoms with E-state index in [2.05, 4.69) is 53.5 Å². The molecule has 0 spiro atoms. The van der Waals surface area contributed by atoms with E-state index >= 15 is 0 Å². The van der Waals surface area contributed by atoms with Crippen LogP contribution >= 0.6 is 0 Å². The van der Waals surface area contributed by atoms with Crippen LogP contribution in [0.25, 0.3) is 0 Å². The summed E-state index contributed by atoms with van der Waals surface area (Å²) >= 11 is 0. The van der Waals surface area contributed by atoms with Crippen LogP contribution in [0.5, 0.6) is 0 Å². The SMILES string of the molecule is CCCN(C[C@@H](C)CC#N)c1nc(N2CC(N(C)CC)C2)nc2c1CC[C@@H](N1CCCc3ccc(F)cc31)C2. The molecular formula is C31H44FN7. The first kappa shape index (κ1) is 27.6. The van der Waals surface area contributed by atoms with E-state index in [9.17, 15) is 9.65 Å². The lowest BCUT2D eigenvalue weighted by atomic mass is 9.88. The smallest absolute Gasteiger partial charge is 0.227 e. The van der Waals surface area contributed by atoms with Crippen molar-refractivity contribution in [1.29, 1.82) is 5.26 Å². The van der Waals surface area contributed by atoms with E-state index in [1.165, 1.54) is 11.1 Å². The molecule has 1 fully saturated rings. The van der Waals surface area contributed by atoms with Crippen molar-refractivity contribution in [3.63, 3.8) is 0 Å². The Morgan fingerprint density at radius 3 is 2.77 bits per heavy atom. The molecule has 8 heteroatoms. The molecule has 7 nitrogen and oxygen atoms in total. The molecule has 1 saturated heterocycles. The van der Waals surface area contributed by atoms with Gasteiger partial charge in [0.15, 0.2) is 0 Å². The summed E-state index contributed by atoms with van der Waals surface area (Å²) in [5.41, 5.74) is 4.74. The predicted molar refractivity (Wildman–Crippen MR) is 156 cm³/mol. The van der Waals surface area contributed by atoms with Crippen LogP contribution in [0.1, 0.15) is 63.3 Å². The second-order valence-corrected chi connectivity index (χ2v) is 11.8. The number of anilines is 3. The number of likely N-dealkylation sites (N-methyl/N-ethyl adjacent to an activating group) is 1. The second-order valence-electron chi connectivity index (χ2n) is 11.8. The Balaban J connectivity index is 1.47. The molecule has 3 heterocycles. The standard InChI is InChI=1S/C31H44FN7/c1-5-15-37(19-22(3)13-14-33)30-27-12-11-25(39-16-7-8-23-9-10-24(32)17-29(23)39)18-28(27)34-31(35-30)38-20-26(21-38)36(4)6-2/h9-10,17,22,25-26H,5-8,11-13,15-16,18-21H2,1-4H3/t22-,25+/m0/s1. The third-order valence-electron chi connectivity index (χ3n) is 8.89. The number of benzene rings is 1. The lowest BCUT2D eigenvalue weighted by molar-refractivity contribution is 0.213. The van der Waals surface area contributed by atoms with E-state index in [1.54, 1.807) is 12.1 Å². The minimum Gasteiger partial charge on any atom is -0.368 e. The van der Waals surface area contributed by atoms with Crippen LogP contribution in [0.2, 0.25) is 0 Å². The van der Waals surface area contributed by atoms with Gasteiger partial charge in [-0.2, -0.15) is 10.2 Å². The normalized spacial score (nSPS) is 19.8. The molecule has 210 valence electrons. The Labute approximate surface area is 233 Å². The molecule has 0 bridgehead atoms. The zero-order valence-electron chi connectivity index (χ0n) is 24.2. The third-order valence-corrected chi connectivity index (χ3v) is 8.89. The average Bonchev–Trinajstić information content (AvgIpc) is 2.91. The van der Waals surface area contributed by atoms with Crippen LogP contribution in [0.15, 0.2) is 18.2 Å². The fourth-order valence-corrected chi connectivity index (χ4v) is 6.50. The molecule has 2 atom stereocenters. The number of rotatable bonds is 10. The van der Waals surface area contributed by atoms with Gasteiger partial charge in [-0.05, 0) is 69.3 Å². The van der Waals surface area contributed by atoms with E-state index in [0.717, 1.165) is 101 Å². The van der Waals surface area contributed by atoms with Crippen LogP contribution in [0, 0.1) is 23.1 Å².